The lowest BCUT2D eigenvalue weighted by Crippen LogP contribution is -2.39. The SMILES string of the molecule is N.N.Nc1nc2c(ncn2[C@@H]2O[C@@H]3COP(=O)(O)O[C@H]4[C@@H](O)[C@H](n5cnc6c(=O)[nH]c(N)nc65)O[C@@H]4COP(=O)(O)O[C@H]3[C@H]2O)c(=O)[nH]1. The number of aromatic nitrogens is 8. The molecule has 4 aromatic rings. The largest absolute Gasteiger partial charge is 0.472 e. The van der Waals surface area contributed by atoms with Gasteiger partial charge >= 0.3 is 15.6 Å². The third-order valence-electron chi connectivity index (χ3n) is 7.38. The molecule has 0 amide bonds. The van der Waals surface area contributed by atoms with Gasteiger partial charge in [0.05, 0.1) is 25.9 Å². The predicted octanol–water partition coefficient (Wildman–Crippen LogP) is -2.72. The van der Waals surface area contributed by atoms with Crippen LogP contribution in [0.5, 0.6) is 0 Å². The van der Waals surface area contributed by atoms with Crippen LogP contribution in [-0.2, 0) is 36.7 Å². The summed E-state index contributed by atoms with van der Waals surface area (Å²) >= 11 is 0. The number of anilines is 2. The number of phosphoric acid groups is 2. The highest BCUT2D eigenvalue weighted by Gasteiger charge is 2.54. The second-order valence-corrected chi connectivity index (χ2v) is 13.1. The van der Waals surface area contributed by atoms with Crippen molar-refractivity contribution >= 4 is 49.9 Å². The Balaban J connectivity index is 0.00000225. The number of ether oxygens (including phenoxy) is 2. The minimum Gasteiger partial charge on any atom is -0.386 e. The van der Waals surface area contributed by atoms with Crippen LogP contribution in [0.2, 0.25) is 0 Å². The minimum absolute atomic E-state index is 0. The fourth-order valence-corrected chi connectivity index (χ4v) is 7.32. The molecule has 0 radical (unpaired) electrons. The Labute approximate surface area is 265 Å². The quantitative estimate of drug-likeness (QED) is 0.0938. The summed E-state index contributed by atoms with van der Waals surface area (Å²) in [4.78, 5) is 65.9. The first-order valence-electron chi connectivity index (χ1n) is 13.1. The molecule has 3 fully saturated rings. The number of nitrogens with two attached hydrogens (primary N) is 2. The van der Waals surface area contributed by atoms with Crippen LogP contribution in [0, 0.1) is 0 Å². The predicted molar refractivity (Wildman–Crippen MR) is 156 cm³/mol. The van der Waals surface area contributed by atoms with Crippen molar-refractivity contribution in [1.29, 1.82) is 0 Å². The first-order valence-corrected chi connectivity index (χ1v) is 16.1. The lowest BCUT2D eigenvalue weighted by molar-refractivity contribution is -0.0664. The summed E-state index contributed by atoms with van der Waals surface area (Å²) in [6.07, 6.45) is -10.9. The Bertz CT molecular complexity index is 1910. The maximum absolute atomic E-state index is 13.1. The van der Waals surface area contributed by atoms with Crippen molar-refractivity contribution in [1.82, 2.24) is 51.3 Å². The van der Waals surface area contributed by atoms with Crippen molar-refractivity contribution in [2.24, 2.45) is 0 Å². The number of rotatable bonds is 2. The van der Waals surface area contributed by atoms with Gasteiger partial charge in [0.25, 0.3) is 11.1 Å². The number of aliphatic hydroxyl groups excluding tert-OH is 2. The first kappa shape index (κ1) is 35.6. The maximum atomic E-state index is 13.1. The Hall–Kier alpha value is -3.72. The van der Waals surface area contributed by atoms with E-state index in [9.17, 15) is 38.7 Å². The molecule has 264 valence electrons. The highest BCUT2D eigenvalue weighted by Crippen LogP contribution is 2.53. The smallest absolute Gasteiger partial charge is 0.386 e. The molecule has 0 saturated carbocycles. The summed E-state index contributed by atoms with van der Waals surface area (Å²) in [6, 6.07) is 0. The second kappa shape index (κ2) is 12.6. The zero-order valence-electron chi connectivity index (χ0n) is 24.2. The third kappa shape index (κ3) is 6.14. The van der Waals surface area contributed by atoms with Crippen LogP contribution in [0.3, 0.4) is 0 Å². The number of hydrogen-bond donors (Lipinski definition) is 10. The number of nitrogens with zero attached hydrogens (tertiary/aromatic N) is 6. The monoisotopic (exact) mass is 724 g/mol. The van der Waals surface area contributed by atoms with E-state index in [-0.39, 0.29) is 46.5 Å². The zero-order valence-corrected chi connectivity index (χ0v) is 26.0. The van der Waals surface area contributed by atoms with Gasteiger partial charge in [-0.25, -0.2) is 19.1 Å². The number of aromatic amines is 2. The van der Waals surface area contributed by atoms with E-state index >= 15 is 0 Å². The molecule has 0 aromatic carbocycles. The molecule has 48 heavy (non-hydrogen) atoms. The molecular weight excluding hydrogens is 694 g/mol. The van der Waals surface area contributed by atoms with Crippen LogP contribution in [-0.4, -0.2) is 109 Å². The average molecular weight is 724 g/mol. The van der Waals surface area contributed by atoms with Crippen LogP contribution in [0.1, 0.15) is 12.5 Å². The minimum atomic E-state index is -5.10. The average Bonchev–Trinajstić information content (AvgIpc) is 3.72. The molecule has 3 aliphatic rings. The van der Waals surface area contributed by atoms with Crippen LogP contribution < -0.4 is 34.9 Å². The van der Waals surface area contributed by atoms with Gasteiger partial charge in [0.2, 0.25) is 11.9 Å². The van der Waals surface area contributed by atoms with Crippen molar-refractivity contribution in [2.75, 3.05) is 24.7 Å². The van der Waals surface area contributed by atoms with Gasteiger partial charge in [0.1, 0.15) is 36.6 Å². The van der Waals surface area contributed by atoms with E-state index in [1.165, 1.54) is 0 Å². The van der Waals surface area contributed by atoms with Gasteiger partial charge in [0, 0.05) is 0 Å². The molecule has 26 nitrogen and oxygen atoms in total. The molecule has 28 heteroatoms. The number of H-pyrrole nitrogens is 2. The van der Waals surface area contributed by atoms with Crippen LogP contribution in [0.15, 0.2) is 22.2 Å². The lowest BCUT2D eigenvalue weighted by Gasteiger charge is -2.27. The highest BCUT2D eigenvalue weighted by molar-refractivity contribution is 7.47. The maximum Gasteiger partial charge on any atom is 0.472 e. The molecule has 10 atom stereocenters. The van der Waals surface area contributed by atoms with Gasteiger partial charge in [-0.15, -0.1) is 0 Å². The van der Waals surface area contributed by atoms with Crippen molar-refractivity contribution < 1.29 is 56.7 Å². The topological polar surface area (TPSA) is 420 Å². The van der Waals surface area contributed by atoms with Gasteiger partial charge in [0.15, 0.2) is 34.8 Å². The molecule has 7 rings (SSSR count). The molecule has 2 unspecified atom stereocenters. The summed E-state index contributed by atoms with van der Waals surface area (Å²) in [5.74, 6) is -0.561. The Kier molecular flexibility index (Phi) is 9.36. The Morgan fingerprint density at radius 3 is 1.50 bits per heavy atom. The molecule has 0 aliphatic carbocycles. The number of aliphatic hydroxyl groups is 2. The van der Waals surface area contributed by atoms with E-state index in [0.717, 1.165) is 21.8 Å². The number of phosphoric ester groups is 2. The number of nitrogens with one attached hydrogen (secondary N) is 2. The van der Waals surface area contributed by atoms with E-state index in [2.05, 4.69) is 29.9 Å². The fourth-order valence-electron chi connectivity index (χ4n) is 5.39. The third-order valence-corrected chi connectivity index (χ3v) is 9.35. The molecule has 7 heterocycles. The van der Waals surface area contributed by atoms with E-state index < -0.39 is 89.1 Å². The molecule has 3 saturated heterocycles. The van der Waals surface area contributed by atoms with Gasteiger partial charge < -0.3 is 53.2 Å². The number of hydrogen-bond acceptors (Lipinski definition) is 20. The Morgan fingerprint density at radius 2 is 1.12 bits per heavy atom. The van der Waals surface area contributed by atoms with Crippen molar-refractivity contribution in [3.8, 4) is 0 Å². The van der Waals surface area contributed by atoms with Crippen LogP contribution in [0.25, 0.3) is 22.3 Å². The number of imidazole rings is 2. The van der Waals surface area contributed by atoms with E-state index in [0.29, 0.717) is 0 Å². The molecule has 0 spiro atoms. The van der Waals surface area contributed by atoms with Gasteiger partial charge in [-0.3, -0.25) is 46.8 Å². The standard InChI is InChI=1S/C20H24N10O14P2.2H3N/c21-19-25-13-7(15(33)27-19)23-3-29(13)17-9(31)11-5(41-17)1-39-45(35,36)44-12-6(2-40-46(37,38)43-11)42-18(10(12)32)30-4-24-8-14(30)26-20(22)28-16(8)34;;/h3-6,9-12,17-18,31-32H,1-2H2,(H,35,36)(H,37,38)(H3,21,25,27,33)(H3,22,26,28,34);2*1H3/t5-,6-,9-,10-,11-,12-,17-,18-;;/m1../s1. The summed E-state index contributed by atoms with van der Waals surface area (Å²) in [5, 5.41) is 22.2. The van der Waals surface area contributed by atoms with Crippen molar-refractivity contribution in [3.63, 3.8) is 0 Å². The molecule has 16 N–H and O–H groups in total. The fraction of sp³-hybridized carbons (Fsp3) is 0.500. The summed E-state index contributed by atoms with van der Waals surface area (Å²) in [5.41, 5.74) is 9.28. The summed E-state index contributed by atoms with van der Waals surface area (Å²) < 4.78 is 60.5. The van der Waals surface area contributed by atoms with Crippen molar-refractivity contribution in [3.05, 3.63) is 33.4 Å². The first-order chi connectivity index (χ1) is 21.7. The normalized spacial score (nSPS) is 35.6. The van der Waals surface area contributed by atoms with Crippen LogP contribution >= 0.6 is 15.6 Å². The molecular formula is C20H30N12O14P2. The number of nitrogen functional groups attached to an aromatic ring is 2. The zero-order chi connectivity index (χ0) is 32.7. The van der Waals surface area contributed by atoms with Gasteiger partial charge in [-0.05, 0) is 0 Å². The van der Waals surface area contributed by atoms with Gasteiger partial charge in [-0.1, -0.05) is 0 Å². The summed E-state index contributed by atoms with van der Waals surface area (Å²) in [6.45, 7) is -1.74. The second-order valence-electron chi connectivity index (χ2n) is 10.3. The lowest BCUT2D eigenvalue weighted by atomic mass is 10.1. The van der Waals surface area contributed by atoms with Crippen molar-refractivity contribution in [2.45, 2.75) is 49.1 Å². The molecule has 3 aliphatic heterocycles. The van der Waals surface area contributed by atoms with Gasteiger partial charge in [-0.2, -0.15) is 9.97 Å². The highest BCUT2D eigenvalue weighted by atomic mass is 31.2. The van der Waals surface area contributed by atoms with E-state index in [1.54, 1.807) is 0 Å². The molecule has 0 bridgehead atoms. The Morgan fingerprint density at radius 1 is 0.750 bits per heavy atom. The van der Waals surface area contributed by atoms with E-state index in [1.807, 2.05) is 0 Å². The molecule has 4 aromatic heterocycles. The number of fused-ring (bicyclic) bond motifs is 4. The van der Waals surface area contributed by atoms with Crippen LogP contribution in [0.4, 0.5) is 11.9 Å². The summed E-state index contributed by atoms with van der Waals surface area (Å²) in [7, 11) is -10.2. The van der Waals surface area contributed by atoms with E-state index in [4.69, 9.17) is 39.0 Å².